The van der Waals surface area contributed by atoms with Crippen molar-refractivity contribution in [1.29, 1.82) is 0 Å². The van der Waals surface area contributed by atoms with E-state index in [1.165, 1.54) is 108 Å². The zero-order chi connectivity index (χ0) is 20.3. The van der Waals surface area contributed by atoms with Crippen molar-refractivity contribution in [1.82, 2.24) is 14.8 Å². The first-order valence-electron chi connectivity index (χ1n) is 12.8. The molecule has 4 fully saturated rings. The van der Waals surface area contributed by atoms with E-state index in [0.717, 1.165) is 24.1 Å². The second-order valence-electron chi connectivity index (χ2n) is 10.4. The van der Waals surface area contributed by atoms with Crippen molar-refractivity contribution in [2.45, 2.75) is 95.4 Å². The van der Waals surface area contributed by atoms with Gasteiger partial charge in [0.25, 0.3) is 5.91 Å². The standard InChI is InChI=1S/C25H39N3OS/c29-25(28-14-6-10-20-9-4-5-11-23(20)28)22-18-30-24(26-22)21-12-15-27(16-13-21)17-19-7-2-1-3-8-19/h18-21,23H,1-17H2. The number of carbonyl (C=O) groups excluding carboxylic acids is 1. The molecule has 2 saturated carbocycles. The summed E-state index contributed by atoms with van der Waals surface area (Å²) in [6.45, 7) is 4.66. The highest BCUT2D eigenvalue weighted by atomic mass is 32.1. The molecule has 2 aliphatic heterocycles. The van der Waals surface area contributed by atoms with E-state index >= 15 is 0 Å². The van der Waals surface area contributed by atoms with Crippen LogP contribution in [0, 0.1) is 11.8 Å². The van der Waals surface area contributed by atoms with Crippen LogP contribution >= 0.6 is 11.3 Å². The lowest BCUT2D eigenvalue weighted by molar-refractivity contribution is 0.0385. The quantitative estimate of drug-likeness (QED) is 0.616. The molecule has 1 aromatic rings. The van der Waals surface area contributed by atoms with Crippen LogP contribution in [0.25, 0.3) is 0 Å². The first-order valence-corrected chi connectivity index (χ1v) is 13.6. The van der Waals surface area contributed by atoms with Gasteiger partial charge in [0.2, 0.25) is 0 Å². The van der Waals surface area contributed by atoms with Crippen LogP contribution in [0.3, 0.4) is 0 Å². The number of aromatic nitrogens is 1. The number of likely N-dealkylation sites (tertiary alicyclic amines) is 2. The average molecular weight is 430 g/mol. The highest BCUT2D eigenvalue weighted by Crippen LogP contribution is 2.37. The second-order valence-corrected chi connectivity index (χ2v) is 11.3. The summed E-state index contributed by atoms with van der Waals surface area (Å²) in [7, 11) is 0. The second kappa shape index (κ2) is 9.68. The Morgan fingerprint density at radius 2 is 1.63 bits per heavy atom. The first-order chi connectivity index (χ1) is 14.8. The molecule has 166 valence electrons. The van der Waals surface area contributed by atoms with Crippen molar-refractivity contribution in [3.05, 3.63) is 16.1 Å². The maximum atomic E-state index is 13.3. The number of fused-ring (bicyclic) bond motifs is 1. The maximum absolute atomic E-state index is 13.3. The predicted octanol–water partition coefficient (Wildman–Crippen LogP) is 5.70. The summed E-state index contributed by atoms with van der Waals surface area (Å²) in [5.74, 6) is 2.45. The molecule has 30 heavy (non-hydrogen) atoms. The number of carbonyl (C=O) groups is 1. The van der Waals surface area contributed by atoms with Crippen LogP contribution < -0.4 is 0 Å². The fraction of sp³-hybridized carbons (Fsp3) is 0.840. The van der Waals surface area contributed by atoms with Gasteiger partial charge in [-0.05, 0) is 76.3 Å². The minimum atomic E-state index is 0.212. The molecule has 2 unspecified atom stereocenters. The monoisotopic (exact) mass is 429 g/mol. The molecule has 0 radical (unpaired) electrons. The Morgan fingerprint density at radius 1 is 0.900 bits per heavy atom. The van der Waals surface area contributed by atoms with E-state index in [-0.39, 0.29) is 5.91 Å². The van der Waals surface area contributed by atoms with E-state index < -0.39 is 0 Å². The fourth-order valence-electron chi connectivity index (χ4n) is 6.69. The van der Waals surface area contributed by atoms with E-state index in [2.05, 4.69) is 15.2 Å². The summed E-state index contributed by atoms with van der Waals surface area (Å²) in [5.41, 5.74) is 0.728. The van der Waals surface area contributed by atoms with Gasteiger partial charge in [0.05, 0.1) is 5.01 Å². The molecule has 5 rings (SSSR count). The molecule has 2 aliphatic carbocycles. The third-order valence-corrected chi connectivity index (χ3v) is 9.43. The van der Waals surface area contributed by atoms with Crippen molar-refractivity contribution < 1.29 is 4.79 Å². The molecule has 1 amide bonds. The third-order valence-electron chi connectivity index (χ3n) is 8.42. The summed E-state index contributed by atoms with van der Waals surface area (Å²) < 4.78 is 0. The van der Waals surface area contributed by atoms with Crippen LogP contribution in [0.2, 0.25) is 0 Å². The molecule has 4 nitrogen and oxygen atoms in total. The van der Waals surface area contributed by atoms with Crippen LogP contribution in [-0.4, -0.2) is 52.9 Å². The van der Waals surface area contributed by atoms with Gasteiger partial charge in [-0.15, -0.1) is 11.3 Å². The summed E-state index contributed by atoms with van der Waals surface area (Å²) in [6, 6.07) is 0.480. The van der Waals surface area contributed by atoms with E-state index in [1.807, 2.05) is 0 Å². The highest BCUT2D eigenvalue weighted by molar-refractivity contribution is 7.09. The first kappa shape index (κ1) is 20.9. The summed E-state index contributed by atoms with van der Waals surface area (Å²) in [5, 5.41) is 3.27. The van der Waals surface area contributed by atoms with Crippen LogP contribution in [-0.2, 0) is 0 Å². The largest absolute Gasteiger partial charge is 0.334 e. The lowest BCUT2D eigenvalue weighted by Gasteiger charge is -2.43. The number of piperidine rings is 2. The van der Waals surface area contributed by atoms with Crippen LogP contribution in [0.15, 0.2) is 5.38 Å². The molecule has 4 aliphatic rings. The van der Waals surface area contributed by atoms with Crippen molar-refractivity contribution in [2.24, 2.45) is 11.8 Å². The predicted molar refractivity (Wildman–Crippen MR) is 123 cm³/mol. The smallest absolute Gasteiger partial charge is 0.273 e. The molecule has 0 spiro atoms. The Kier molecular flexibility index (Phi) is 6.76. The topological polar surface area (TPSA) is 36.4 Å². The number of nitrogens with zero attached hydrogens (tertiary/aromatic N) is 3. The molecule has 0 aromatic carbocycles. The minimum absolute atomic E-state index is 0.212. The fourth-order valence-corrected chi connectivity index (χ4v) is 7.66. The molecule has 1 aromatic heterocycles. The summed E-state index contributed by atoms with van der Waals surface area (Å²) in [4.78, 5) is 23.1. The molecular formula is C25H39N3OS. The molecule has 0 N–H and O–H groups in total. The maximum Gasteiger partial charge on any atom is 0.273 e. The van der Waals surface area contributed by atoms with E-state index in [4.69, 9.17) is 4.98 Å². The number of hydrogen-bond donors (Lipinski definition) is 0. The van der Waals surface area contributed by atoms with Gasteiger partial charge >= 0.3 is 0 Å². The van der Waals surface area contributed by atoms with Crippen molar-refractivity contribution >= 4 is 17.2 Å². The van der Waals surface area contributed by atoms with Gasteiger partial charge in [0.1, 0.15) is 5.69 Å². The zero-order valence-electron chi connectivity index (χ0n) is 18.6. The molecular weight excluding hydrogens is 390 g/mol. The Morgan fingerprint density at radius 3 is 2.47 bits per heavy atom. The average Bonchev–Trinajstić information content (AvgIpc) is 3.30. The lowest BCUT2D eigenvalue weighted by atomic mass is 9.78. The van der Waals surface area contributed by atoms with Crippen LogP contribution in [0.4, 0.5) is 0 Å². The molecule has 3 heterocycles. The van der Waals surface area contributed by atoms with E-state index in [9.17, 15) is 4.79 Å². The van der Waals surface area contributed by atoms with Crippen molar-refractivity contribution in [2.75, 3.05) is 26.2 Å². The molecule has 5 heteroatoms. The molecule has 0 bridgehead atoms. The Hall–Kier alpha value is -0.940. The Balaban J connectivity index is 1.16. The van der Waals surface area contributed by atoms with Crippen LogP contribution in [0.5, 0.6) is 0 Å². The van der Waals surface area contributed by atoms with Gasteiger partial charge in [-0.1, -0.05) is 32.1 Å². The van der Waals surface area contributed by atoms with Crippen LogP contribution in [0.1, 0.15) is 105 Å². The Labute approximate surface area is 186 Å². The van der Waals surface area contributed by atoms with Gasteiger partial charge in [-0.25, -0.2) is 4.98 Å². The number of thiazole rings is 1. The summed E-state index contributed by atoms with van der Waals surface area (Å²) in [6.07, 6.45) is 17.3. The van der Waals surface area contributed by atoms with Gasteiger partial charge < -0.3 is 9.80 Å². The van der Waals surface area contributed by atoms with Crippen molar-refractivity contribution in [3.8, 4) is 0 Å². The number of hydrogen-bond acceptors (Lipinski definition) is 4. The molecule has 2 atom stereocenters. The number of amides is 1. The number of rotatable bonds is 4. The lowest BCUT2D eigenvalue weighted by Crippen LogP contribution is -2.49. The van der Waals surface area contributed by atoms with E-state index in [1.54, 1.807) is 11.3 Å². The molecule has 2 saturated heterocycles. The van der Waals surface area contributed by atoms with Gasteiger partial charge in [-0.2, -0.15) is 0 Å². The van der Waals surface area contributed by atoms with Gasteiger partial charge in [0.15, 0.2) is 0 Å². The third kappa shape index (κ3) is 4.62. The normalized spacial score (nSPS) is 29.7. The van der Waals surface area contributed by atoms with Crippen molar-refractivity contribution in [3.63, 3.8) is 0 Å². The highest BCUT2D eigenvalue weighted by Gasteiger charge is 2.37. The zero-order valence-corrected chi connectivity index (χ0v) is 19.4. The van der Waals surface area contributed by atoms with E-state index in [0.29, 0.717) is 12.0 Å². The SMILES string of the molecule is O=C(c1csc(C2CCN(CC3CCCCC3)CC2)n1)N1CCCC2CCCCC21. The van der Waals surface area contributed by atoms with Gasteiger partial charge in [0, 0.05) is 30.4 Å². The summed E-state index contributed by atoms with van der Waals surface area (Å²) >= 11 is 1.74. The van der Waals surface area contributed by atoms with Gasteiger partial charge in [-0.3, -0.25) is 4.79 Å². The minimum Gasteiger partial charge on any atom is -0.334 e. The Bertz CT molecular complexity index is 703.